The highest BCUT2D eigenvalue weighted by Gasteiger charge is 2.41. The lowest BCUT2D eigenvalue weighted by atomic mass is 9.97. The summed E-state index contributed by atoms with van der Waals surface area (Å²) in [7, 11) is 0. The van der Waals surface area contributed by atoms with Crippen molar-refractivity contribution >= 4 is 5.69 Å². The Morgan fingerprint density at radius 1 is 1.30 bits per heavy atom. The van der Waals surface area contributed by atoms with Crippen LogP contribution in [0.15, 0.2) is 24.3 Å². The van der Waals surface area contributed by atoms with Gasteiger partial charge in [-0.05, 0) is 62.5 Å². The van der Waals surface area contributed by atoms with Crippen LogP contribution in [-0.4, -0.2) is 11.5 Å². The standard InChI is InChI=1S/C16H22N2O2/c1-11(14-3-2-4-15(9-14)18(19)20)17-10-16(12-5-6-12)13-7-8-13/h2-4,9,11-13,16-17H,5-8,10H2,1H3. The number of nitrogens with one attached hydrogen (secondary N) is 1. The van der Waals surface area contributed by atoms with Crippen molar-refractivity contribution in [3.8, 4) is 0 Å². The zero-order valence-corrected chi connectivity index (χ0v) is 11.9. The molecule has 1 aromatic carbocycles. The van der Waals surface area contributed by atoms with Gasteiger partial charge in [0, 0.05) is 18.2 Å². The van der Waals surface area contributed by atoms with E-state index in [1.165, 1.54) is 25.7 Å². The maximum Gasteiger partial charge on any atom is 0.269 e. The van der Waals surface area contributed by atoms with E-state index in [-0.39, 0.29) is 16.7 Å². The van der Waals surface area contributed by atoms with E-state index in [2.05, 4.69) is 12.2 Å². The van der Waals surface area contributed by atoms with Gasteiger partial charge in [0.15, 0.2) is 0 Å². The highest BCUT2D eigenvalue weighted by molar-refractivity contribution is 5.35. The van der Waals surface area contributed by atoms with Crippen LogP contribution < -0.4 is 5.32 Å². The van der Waals surface area contributed by atoms with Crippen LogP contribution in [0.25, 0.3) is 0 Å². The average Bonchev–Trinajstić information content (AvgIpc) is 3.32. The number of hydrogen-bond acceptors (Lipinski definition) is 3. The molecule has 1 atom stereocenters. The molecule has 0 heterocycles. The van der Waals surface area contributed by atoms with Gasteiger partial charge in [-0.1, -0.05) is 12.1 Å². The molecule has 0 aromatic heterocycles. The molecule has 0 radical (unpaired) electrons. The van der Waals surface area contributed by atoms with Crippen LogP contribution in [0.5, 0.6) is 0 Å². The fraction of sp³-hybridized carbons (Fsp3) is 0.625. The van der Waals surface area contributed by atoms with Gasteiger partial charge < -0.3 is 5.32 Å². The minimum atomic E-state index is -0.326. The Hall–Kier alpha value is -1.42. The van der Waals surface area contributed by atoms with Gasteiger partial charge in [-0.25, -0.2) is 0 Å². The maximum absolute atomic E-state index is 10.8. The van der Waals surface area contributed by atoms with Crippen LogP contribution in [0.3, 0.4) is 0 Å². The fourth-order valence-corrected chi connectivity index (χ4v) is 3.11. The molecular weight excluding hydrogens is 252 g/mol. The summed E-state index contributed by atoms with van der Waals surface area (Å²) >= 11 is 0. The highest BCUT2D eigenvalue weighted by atomic mass is 16.6. The summed E-state index contributed by atoms with van der Waals surface area (Å²) in [6.45, 7) is 3.15. The van der Waals surface area contributed by atoms with E-state index < -0.39 is 0 Å². The van der Waals surface area contributed by atoms with Crippen molar-refractivity contribution in [2.75, 3.05) is 6.54 Å². The zero-order chi connectivity index (χ0) is 14.1. The number of nitro groups is 1. The van der Waals surface area contributed by atoms with Crippen molar-refractivity contribution < 1.29 is 4.92 Å². The molecule has 3 rings (SSSR count). The summed E-state index contributed by atoms with van der Waals surface area (Å²) in [5.74, 6) is 2.70. The van der Waals surface area contributed by atoms with Gasteiger partial charge >= 0.3 is 0 Å². The minimum absolute atomic E-state index is 0.176. The van der Waals surface area contributed by atoms with E-state index in [9.17, 15) is 10.1 Å². The van der Waals surface area contributed by atoms with Crippen molar-refractivity contribution in [2.24, 2.45) is 17.8 Å². The lowest BCUT2D eigenvalue weighted by molar-refractivity contribution is -0.384. The Morgan fingerprint density at radius 2 is 1.95 bits per heavy atom. The molecule has 0 bridgehead atoms. The molecule has 2 aliphatic carbocycles. The largest absolute Gasteiger partial charge is 0.310 e. The third-order valence-electron chi connectivity index (χ3n) is 4.70. The molecule has 108 valence electrons. The van der Waals surface area contributed by atoms with Crippen molar-refractivity contribution in [3.63, 3.8) is 0 Å². The predicted octanol–water partition coefficient (Wildman–Crippen LogP) is 3.68. The lowest BCUT2D eigenvalue weighted by Crippen LogP contribution is -2.28. The Labute approximate surface area is 119 Å². The molecule has 4 nitrogen and oxygen atoms in total. The Bertz CT molecular complexity index is 483. The number of nitrogens with zero attached hydrogens (tertiary/aromatic N) is 1. The van der Waals surface area contributed by atoms with Crippen LogP contribution in [0.2, 0.25) is 0 Å². The van der Waals surface area contributed by atoms with Crippen molar-refractivity contribution in [2.45, 2.75) is 38.6 Å². The Kier molecular flexibility index (Phi) is 3.74. The first-order valence-electron chi connectivity index (χ1n) is 7.63. The smallest absolute Gasteiger partial charge is 0.269 e. The Balaban J connectivity index is 1.59. The maximum atomic E-state index is 10.8. The number of rotatable bonds is 7. The normalized spacial score (nSPS) is 20.1. The molecule has 0 amide bonds. The zero-order valence-electron chi connectivity index (χ0n) is 11.9. The quantitative estimate of drug-likeness (QED) is 0.609. The highest BCUT2D eigenvalue weighted by Crippen LogP contribution is 2.49. The van der Waals surface area contributed by atoms with Gasteiger partial charge in [0.25, 0.3) is 5.69 Å². The minimum Gasteiger partial charge on any atom is -0.310 e. The molecule has 2 aliphatic rings. The predicted molar refractivity (Wildman–Crippen MR) is 78.5 cm³/mol. The van der Waals surface area contributed by atoms with Crippen LogP contribution in [0, 0.1) is 27.9 Å². The molecule has 1 N–H and O–H groups in total. The summed E-state index contributed by atoms with van der Waals surface area (Å²) < 4.78 is 0. The van der Waals surface area contributed by atoms with Gasteiger partial charge in [0.1, 0.15) is 0 Å². The number of nitro benzene ring substituents is 1. The van der Waals surface area contributed by atoms with Gasteiger partial charge in [-0.2, -0.15) is 0 Å². The second kappa shape index (κ2) is 5.52. The monoisotopic (exact) mass is 274 g/mol. The van der Waals surface area contributed by atoms with E-state index in [0.29, 0.717) is 0 Å². The van der Waals surface area contributed by atoms with Crippen molar-refractivity contribution in [1.82, 2.24) is 5.32 Å². The van der Waals surface area contributed by atoms with Crippen LogP contribution >= 0.6 is 0 Å². The molecule has 0 spiro atoms. The number of hydrogen-bond donors (Lipinski definition) is 1. The van der Waals surface area contributed by atoms with E-state index in [1.807, 2.05) is 6.07 Å². The average molecular weight is 274 g/mol. The second-order valence-corrected chi connectivity index (χ2v) is 6.32. The second-order valence-electron chi connectivity index (χ2n) is 6.32. The molecule has 20 heavy (non-hydrogen) atoms. The summed E-state index contributed by atoms with van der Waals surface area (Å²) in [6.07, 6.45) is 5.59. The van der Waals surface area contributed by atoms with E-state index >= 15 is 0 Å². The topological polar surface area (TPSA) is 55.2 Å². The van der Waals surface area contributed by atoms with Gasteiger partial charge in [0.2, 0.25) is 0 Å². The van der Waals surface area contributed by atoms with E-state index in [0.717, 1.165) is 29.9 Å². The van der Waals surface area contributed by atoms with Crippen molar-refractivity contribution in [1.29, 1.82) is 0 Å². The van der Waals surface area contributed by atoms with Gasteiger partial charge in [-0.15, -0.1) is 0 Å². The number of non-ortho nitro benzene ring substituents is 1. The van der Waals surface area contributed by atoms with E-state index in [4.69, 9.17) is 0 Å². The Morgan fingerprint density at radius 3 is 2.50 bits per heavy atom. The molecular formula is C16H22N2O2. The fourth-order valence-electron chi connectivity index (χ4n) is 3.11. The number of benzene rings is 1. The van der Waals surface area contributed by atoms with Crippen LogP contribution in [0.1, 0.15) is 44.2 Å². The van der Waals surface area contributed by atoms with Crippen molar-refractivity contribution in [3.05, 3.63) is 39.9 Å². The third kappa shape index (κ3) is 3.18. The SMILES string of the molecule is CC(NCC(C1CC1)C1CC1)c1cccc([N+](=O)[O-])c1. The first-order valence-corrected chi connectivity index (χ1v) is 7.63. The van der Waals surface area contributed by atoms with Crippen LogP contribution in [0.4, 0.5) is 5.69 Å². The molecule has 1 aromatic rings. The van der Waals surface area contributed by atoms with Gasteiger partial charge in [0.05, 0.1) is 4.92 Å². The molecule has 0 saturated heterocycles. The first kappa shape index (κ1) is 13.6. The summed E-state index contributed by atoms with van der Waals surface area (Å²) in [6, 6.07) is 7.14. The molecule has 4 heteroatoms. The lowest BCUT2D eigenvalue weighted by Gasteiger charge is -2.20. The molecule has 1 unspecified atom stereocenters. The first-order chi connectivity index (χ1) is 9.65. The molecule has 2 saturated carbocycles. The molecule has 2 fully saturated rings. The van der Waals surface area contributed by atoms with E-state index in [1.54, 1.807) is 18.2 Å². The molecule has 0 aliphatic heterocycles. The third-order valence-corrected chi connectivity index (χ3v) is 4.70. The summed E-state index contributed by atoms with van der Waals surface area (Å²) in [5, 5.41) is 14.4. The summed E-state index contributed by atoms with van der Waals surface area (Å²) in [5.41, 5.74) is 1.18. The summed E-state index contributed by atoms with van der Waals surface area (Å²) in [4.78, 5) is 10.5. The van der Waals surface area contributed by atoms with Crippen LogP contribution in [-0.2, 0) is 0 Å². The van der Waals surface area contributed by atoms with Gasteiger partial charge in [-0.3, -0.25) is 10.1 Å².